The molecule has 2 heterocycles. The number of ether oxygens (including phenoxy) is 2. The minimum Gasteiger partial charge on any atom is -0.508 e. The van der Waals surface area contributed by atoms with E-state index in [1.165, 1.54) is 0 Å². The number of piperidine rings is 1. The smallest absolute Gasteiger partial charge is 0.127 e. The van der Waals surface area contributed by atoms with Gasteiger partial charge in [0.15, 0.2) is 0 Å². The fraction of sp³-hybridized carbons (Fsp3) is 0.538. The average molecular weight is 443 g/mol. The zero-order valence-electron chi connectivity index (χ0n) is 19.0. The zero-order valence-corrected chi connectivity index (χ0v) is 19.0. The second-order valence-electron chi connectivity index (χ2n) is 9.13. The lowest BCUT2D eigenvalue weighted by molar-refractivity contribution is 0.0566. The van der Waals surface area contributed by atoms with Gasteiger partial charge in [0.05, 0.1) is 13.2 Å². The summed E-state index contributed by atoms with van der Waals surface area (Å²) in [6, 6.07) is 12.5. The standard InChI is InChI=1S/C26H35FN2O3/c1-31-23-8-9-26(30)22(15-23)18-29(19-24-6-4-14-32-24)16-20-10-12-28(13-11-20)17-21-5-2-3-7-25(21)27/h2-3,5,7-9,15,20,24,30H,4,6,10-14,16-19H2,1H3/t24-/m0/s1. The van der Waals surface area contributed by atoms with Gasteiger partial charge in [-0.15, -0.1) is 0 Å². The van der Waals surface area contributed by atoms with Gasteiger partial charge in [-0.05, 0) is 69.0 Å². The Kier molecular flexibility index (Phi) is 8.00. The highest BCUT2D eigenvalue weighted by Crippen LogP contribution is 2.27. The van der Waals surface area contributed by atoms with Crippen molar-refractivity contribution in [2.75, 3.05) is 39.9 Å². The first-order valence-electron chi connectivity index (χ1n) is 11.8. The fourth-order valence-electron chi connectivity index (χ4n) is 4.90. The molecule has 0 spiro atoms. The van der Waals surface area contributed by atoms with Crippen molar-refractivity contribution in [1.29, 1.82) is 0 Å². The third-order valence-electron chi connectivity index (χ3n) is 6.74. The Labute approximate surface area is 190 Å². The summed E-state index contributed by atoms with van der Waals surface area (Å²) in [5.74, 6) is 1.54. The number of aromatic hydroxyl groups is 1. The van der Waals surface area contributed by atoms with Crippen LogP contribution in [-0.4, -0.2) is 60.9 Å². The van der Waals surface area contributed by atoms with E-state index in [4.69, 9.17) is 9.47 Å². The number of halogens is 1. The van der Waals surface area contributed by atoms with E-state index in [2.05, 4.69) is 9.80 Å². The number of benzene rings is 2. The van der Waals surface area contributed by atoms with Gasteiger partial charge in [-0.1, -0.05) is 18.2 Å². The molecule has 0 radical (unpaired) electrons. The van der Waals surface area contributed by atoms with E-state index in [0.717, 1.165) is 75.3 Å². The summed E-state index contributed by atoms with van der Waals surface area (Å²) in [7, 11) is 1.65. The molecule has 1 N–H and O–H groups in total. The Bertz CT molecular complexity index is 864. The van der Waals surface area contributed by atoms with Crippen molar-refractivity contribution in [3.63, 3.8) is 0 Å². The summed E-state index contributed by atoms with van der Waals surface area (Å²) in [6.07, 6.45) is 4.68. The molecule has 1 atom stereocenters. The zero-order chi connectivity index (χ0) is 22.3. The third kappa shape index (κ3) is 6.21. The van der Waals surface area contributed by atoms with Gasteiger partial charge in [-0.3, -0.25) is 9.80 Å². The molecule has 5 nitrogen and oxygen atoms in total. The highest BCUT2D eigenvalue weighted by Gasteiger charge is 2.25. The van der Waals surface area contributed by atoms with Gasteiger partial charge in [0.25, 0.3) is 0 Å². The Morgan fingerprint density at radius 1 is 1.09 bits per heavy atom. The molecular formula is C26H35FN2O3. The fourth-order valence-corrected chi connectivity index (χ4v) is 4.90. The number of hydrogen-bond donors (Lipinski definition) is 1. The quantitative estimate of drug-likeness (QED) is 0.622. The van der Waals surface area contributed by atoms with Crippen molar-refractivity contribution in [1.82, 2.24) is 9.80 Å². The predicted octanol–water partition coefficient (Wildman–Crippen LogP) is 4.43. The molecule has 174 valence electrons. The number of hydrogen-bond acceptors (Lipinski definition) is 5. The third-order valence-corrected chi connectivity index (χ3v) is 6.74. The molecule has 4 rings (SSSR count). The summed E-state index contributed by atoms with van der Waals surface area (Å²) >= 11 is 0. The van der Waals surface area contributed by atoms with Gasteiger partial charge in [-0.25, -0.2) is 4.39 Å². The summed E-state index contributed by atoms with van der Waals surface area (Å²) in [5, 5.41) is 10.4. The van der Waals surface area contributed by atoms with Crippen LogP contribution in [-0.2, 0) is 17.8 Å². The van der Waals surface area contributed by atoms with Crippen LogP contribution in [0.5, 0.6) is 11.5 Å². The molecular weight excluding hydrogens is 407 g/mol. The van der Waals surface area contributed by atoms with E-state index in [9.17, 15) is 9.50 Å². The molecule has 6 heteroatoms. The number of phenols is 1. The van der Waals surface area contributed by atoms with Crippen molar-refractivity contribution in [3.8, 4) is 11.5 Å². The van der Waals surface area contributed by atoms with Crippen LogP contribution in [0.4, 0.5) is 4.39 Å². The highest BCUT2D eigenvalue weighted by atomic mass is 19.1. The maximum Gasteiger partial charge on any atom is 0.127 e. The highest BCUT2D eigenvalue weighted by molar-refractivity contribution is 5.39. The van der Waals surface area contributed by atoms with E-state index < -0.39 is 0 Å². The maximum absolute atomic E-state index is 14.0. The van der Waals surface area contributed by atoms with Crippen LogP contribution in [0.15, 0.2) is 42.5 Å². The maximum atomic E-state index is 14.0. The van der Waals surface area contributed by atoms with Gasteiger partial charge in [0, 0.05) is 43.9 Å². The molecule has 0 unspecified atom stereocenters. The molecule has 2 aromatic rings. The lowest BCUT2D eigenvalue weighted by Gasteiger charge is -2.35. The molecule has 0 bridgehead atoms. The van der Waals surface area contributed by atoms with E-state index >= 15 is 0 Å². The first kappa shape index (κ1) is 23.0. The number of nitrogens with zero attached hydrogens (tertiary/aromatic N) is 2. The topological polar surface area (TPSA) is 45.2 Å². The molecule has 0 aromatic heterocycles. The Morgan fingerprint density at radius 3 is 2.62 bits per heavy atom. The van der Waals surface area contributed by atoms with E-state index in [0.29, 0.717) is 24.8 Å². The molecule has 0 amide bonds. The molecule has 2 aromatic carbocycles. The Morgan fingerprint density at radius 2 is 1.91 bits per heavy atom. The van der Waals surface area contributed by atoms with Crippen LogP contribution in [0, 0.1) is 11.7 Å². The summed E-state index contributed by atoms with van der Waals surface area (Å²) < 4.78 is 25.3. The van der Waals surface area contributed by atoms with Crippen LogP contribution in [0.3, 0.4) is 0 Å². The predicted molar refractivity (Wildman–Crippen MR) is 123 cm³/mol. The van der Waals surface area contributed by atoms with Crippen LogP contribution in [0.25, 0.3) is 0 Å². The largest absolute Gasteiger partial charge is 0.508 e. The SMILES string of the molecule is COc1ccc(O)c(CN(CC2CCN(Cc3ccccc3F)CC2)C[C@@H]2CCCO2)c1. The minimum absolute atomic E-state index is 0.115. The van der Waals surface area contributed by atoms with Gasteiger partial charge in [0.2, 0.25) is 0 Å². The van der Waals surface area contributed by atoms with Crippen molar-refractivity contribution in [2.45, 2.75) is 44.9 Å². The second-order valence-corrected chi connectivity index (χ2v) is 9.13. The molecule has 2 fully saturated rings. The van der Waals surface area contributed by atoms with Crippen molar-refractivity contribution >= 4 is 0 Å². The molecule has 0 aliphatic carbocycles. The van der Waals surface area contributed by atoms with Crippen molar-refractivity contribution in [2.24, 2.45) is 5.92 Å². The minimum atomic E-state index is -0.115. The Hall–Kier alpha value is -2.15. The second kappa shape index (κ2) is 11.1. The molecule has 2 aliphatic heterocycles. The molecule has 0 saturated carbocycles. The summed E-state index contributed by atoms with van der Waals surface area (Å²) in [6.45, 7) is 6.02. The van der Waals surface area contributed by atoms with Crippen LogP contribution in [0.1, 0.15) is 36.8 Å². The van der Waals surface area contributed by atoms with Crippen LogP contribution >= 0.6 is 0 Å². The normalized spacial score (nSPS) is 20.2. The Balaban J connectivity index is 1.35. The number of methoxy groups -OCH3 is 1. The number of rotatable bonds is 9. The summed E-state index contributed by atoms with van der Waals surface area (Å²) in [5.41, 5.74) is 1.67. The van der Waals surface area contributed by atoms with Crippen LogP contribution in [0.2, 0.25) is 0 Å². The molecule has 32 heavy (non-hydrogen) atoms. The number of likely N-dealkylation sites (tertiary alicyclic amines) is 1. The van der Waals surface area contributed by atoms with Gasteiger partial charge >= 0.3 is 0 Å². The first-order valence-corrected chi connectivity index (χ1v) is 11.8. The lowest BCUT2D eigenvalue weighted by atomic mass is 9.95. The first-order chi connectivity index (χ1) is 15.6. The van der Waals surface area contributed by atoms with Crippen molar-refractivity contribution < 1.29 is 19.0 Å². The monoisotopic (exact) mass is 442 g/mol. The molecule has 2 aliphatic rings. The van der Waals surface area contributed by atoms with Gasteiger partial charge in [-0.2, -0.15) is 0 Å². The van der Waals surface area contributed by atoms with E-state index in [-0.39, 0.29) is 11.9 Å². The van der Waals surface area contributed by atoms with E-state index in [1.807, 2.05) is 18.2 Å². The van der Waals surface area contributed by atoms with Gasteiger partial charge < -0.3 is 14.6 Å². The van der Waals surface area contributed by atoms with E-state index in [1.54, 1.807) is 31.4 Å². The van der Waals surface area contributed by atoms with Crippen molar-refractivity contribution in [3.05, 3.63) is 59.4 Å². The van der Waals surface area contributed by atoms with Gasteiger partial charge in [0.1, 0.15) is 17.3 Å². The molecule has 2 saturated heterocycles. The number of phenolic OH excluding ortho intramolecular Hbond substituents is 1. The lowest BCUT2D eigenvalue weighted by Crippen LogP contribution is -2.40. The van der Waals surface area contributed by atoms with Crippen LogP contribution < -0.4 is 4.74 Å². The summed E-state index contributed by atoms with van der Waals surface area (Å²) in [4.78, 5) is 4.79. The average Bonchev–Trinajstić information content (AvgIpc) is 3.31.